The minimum Gasteiger partial charge on any atom is -0.310 e. The molecular formula is C47H53N. The minimum absolute atomic E-state index is 0.369. The van der Waals surface area contributed by atoms with E-state index in [4.69, 9.17) is 0 Å². The molecule has 6 rings (SSSR count). The molecule has 0 amide bonds. The first kappa shape index (κ1) is 33.5. The average molecular weight is 632 g/mol. The predicted octanol–water partition coefficient (Wildman–Crippen LogP) is 13.6. The third-order valence-corrected chi connectivity index (χ3v) is 10.6. The van der Waals surface area contributed by atoms with E-state index in [0.29, 0.717) is 23.7 Å². The normalized spacial score (nSPS) is 19.8. The first-order chi connectivity index (χ1) is 23.0. The van der Waals surface area contributed by atoms with Crippen LogP contribution in [-0.4, -0.2) is 0 Å². The molecule has 0 fully saturated rings. The van der Waals surface area contributed by atoms with Gasteiger partial charge in [-0.1, -0.05) is 133 Å². The predicted molar refractivity (Wildman–Crippen MR) is 211 cm³/mol. The second-order valence-electron chi connectivity index (χ2n) is 14.8. The van der Waals surface area contributed by atoms with E-state index in [0.717, 1.165) is 12.8 Å². The molecule has 1 unspecified atom stereocenters. The number of rotatable bonds is 8. The van der Waals surface area contributed by atoms with Gasteiger partial charge in [0, 0.05) is 17.7 Å². The maximum atomic E-state index is 4.23. The van der Waals surface area contributed by atoms with Gasteiger partial charge in [0.25, 0.3) is 0 Å². The molecule has 3 aromatic carbocycles. The fourth-order valence-corrected chi connectivity index (χ4v) is 7.73. The Morgan fingerprint density at radius 2 is 1.56 bits per heavy atom. The molecule has 1 nitrogen and oxygen atoms in total. The van der Waals surface area contributed by atoms with E-state index < -0.39 is 0 Å². The van der Waals surface area contributed by atoms with Crippen LogP contribution in [0.15, 0.2) is 114 Å². The van der Waals surface area contributed by atoms with Crippen molar-refractivity contribution in [1.82, 2.24) is 0 Å². The van der Waals surface area contributed by atoms with Crippen LogP contribution >= 0.6 is 0 Å². The number of hydrogen-bond donors (Lipinski definition) is 0. The summed E-state index contributed by atoms with van der Waals surface area (Å²) in [4.78, 5) is 2.56. The number of allylic oxidation sites excluding steroid dienone is 11. The third-order valence-electron chi connectivity index (χ3n) is 10.6. The van der Waals surface area contributed by atoms with Crippen LogP contribution in [0, 0.1) is 11.8 Å². The molecule has 0 radical (unpaired) electrons. The van der Waals surface area contributed by atoms with Gasteiger partial charge in [-0.25, -0.2) is 0 Å². The summed E-state index contributed by atoms with van der Waals surface area (Å²) < 4.78 is 0. The van der Waals surface area contributed by atoms with Crippen LogP contribution in [0.25, 0.3) is 17.7 Å². The lowest BCUT2D eigenvalue weighted by Gasteiger charge is -2.34. The molecule has 1 atom stereocenters. The van der Waals surface area contributed by atoms with Crippen molar-refractivity contribution in [3.05, 3.63) is 153 Å². The molecule has 0 aromatic heterocycles. The van der Waals surface area contributed by atoms with Crippen LogP contribution in [0.1, 0.15) is 113 Å². The van der Waals surface area contributed by atoms with Crippen molar-refractivity contribution < 1.29 is 0 Å². The Morgan fingerprint density at radius 3 is 2.21 bits per heavy atom. The lowest BCUT2D eigenvalue weighted by atomic mass is 9.79. The summed E-state index contributed by atoms with van der Waals surface area (Å²) in [6, 6.07) is 18.6. The van der Waals surface area contributed by atoms with Crippen molar-refractivity contribution in [2.45, 2.75) is 87.0 Å². The number of benzene rings is 3. The van der Waals surface area contributed by atoms with Gasteiger partial charge in [-0.3, -0.25) is 0 Å². The van der Waals surface area contributed by atoms with E-state index in [9.17, 15) is 0 Å². The van der Waals surface area contributed by atoms with E-state index in [-0.39, 0.29) is 0 Å². The Kier molecular flexibility index (Phi) is 9.53. The third kappa shape index (κ3) is 6.05. The van der Waals surface area contributed by atoms with Gasteiger partial charge < -0.3 is 4.90 Å². The zero-order chi connectivity index (χ0) is 34.3. The smallest absolute Gasteiger partial charge is 0.0540 e. The molecule has 1 heteroatoms. The molecule has 2 bridgehead atoms. The summed E-state index contributed by atoms with van der Waals surface area (Å²) in [6.45, 7) is 24.9. The highest BCUT2D eigenvalue weighted by atomic mass is 15.1. The Bertz CT molecular complexity index is 1930. The highest BCUT2D eigenvalue weighted by molar-refractivity contribution is 5.93. The fraction of sp³-hybridized carbons (Fsp3) is 0.319. The monoisotopic (exact) mass is 631 g/mol. The highest BCUT2D eigenvalue weighted by Gasteiger charge is 2.30. The maximum absolute atomic E-state index is 4.23. The quantitative estimate of drug-likeness (QED) is 0.239. The van der Waals surface area contributed by atoms with E-state index in [1.54, 1.807) is 0 Å². The molecule has 3 aliphatic rings. The summed E-state index contributed by atoms with van der Waals surface area (Å²) >= 11 is 0. The van der Waals surface area contributed by atoms with Crippen LogP contribution in [0.2, 0.25) is 0 Å². The first-order valence-electron chi connectivity index (χ1n) is 18.0. The van der Waals surface area contributed by atoms with E-state index >= 15 is 0 Å². The zero-order valence-electron chi connectivity index (χ0n) is 30.6. The van der Waals surface area contributed by atoms with Crippen molar-refractivity contribution in [3.63, 3.8) is 0 Å². The Balaban J connectivity index is 1.67. The highest BCUT2D eigenvalue weighted by Crippen LogP contribution is 2.49. The van der Waals surface area contributed by atoms with Crippen LogP contribution in [0.3, 0.4) is 0 Å². The van der Waals surface area contributed by atoms with Crippen molar-refractivity contribution in [1.29, 1.82) is 0 Å². The molecular weight excluding hydrogens is 579 g/mol. The second-order valence-corrected chi connectivity index (χ2v) is 14.8. The van der Waals surface area contributed by atoms with Gasteiger partial charge in [-0.2, -0.15) is 0 Å². The molecule has 3 aromatic rings. The average Bonchev–Trinajstić information content (AvgIpc) is 3.43. The molecule has 3 aliphatic carbocycles. The van der Waals surface area contributed by atoms with Gasteiger partial charge in [0.2, 0.25) is 0 Å². The molecule has 0 spiro atoms. The molecule has 246 valence electrons. The maximum Gasteiger partial charge on any atom is 0.0540 e. The number of hydrogen-bond acceptors (Lipinski definition) is 1. The largest absolute Gasteiger partial charge is 0.310 e. The summed E-state index contributed by atoms with van der Waals surface area (Å²) in [5, 5.41) is 0. The molecule has 0 saturated carbocycles. The fourth-order valence-electron chi connectivity index (χ4n) is 7.73. The SMILES string of the molecule is C=CC1=C(/C=C\C)Cc2c1cccc2N(c1ccc(C(C)C)cc1)c1cc(C(C)C)c2c3c1C=C/C(=C(C(C)C)/C=C(/C)C(C)C=C2)C3. The van der Waals surface area contributed by atoms with Crippen molar-refractivity contribution >= 4 is 34.8 Å². The van der Waals surface area contributed by atoms with Crippen LogP contribution < -0.4 is 4.90 Å². The molecule has 0 aliphatic heterocycles. The van der Waals surface area contributed by atoms with Crippen molar-refractivity contribution in [3.8, 4) is 0 Å². The van der Waals surface area contributed by atoms with Crippen LogP contribution in [0.4, 0.5) is 17.1 Å². The lowest BCUT2D eigenvalue weighted by Crippen LogP contribution is -2.18. The van der Waals surface area contributed by atoms with Gasteiger partial charge in [-0.15, -0.1) is 0 Å². The standard InChI is InChI=1S/C47H53N/c1-11-14-35-27-45-39(38(35)12-2)15-13-16-46(45)48(37-21-18-34(19-22-37)29(3)4)47-28-43(31(7)8)40-23-17-32(9)33(10)25-42(30(5)6)36-20-24-41(47)44(40)26-36/h11-25,28-32H,2,26-27H2,1,3-10H3/b14-11-,23-17?,33-25-,42-36+. The second kappa shape index (κ2) is 13.6. The Hall–Kier alpha value is -4.36. The molecule has 0 saturated heterocycles. The van der Waals surface area contributed by atoms with Crippen molar-refractivity contribution in [2.24, 2.45) is 11.8 Å². The summed E-state index contributed by atoms with van der Waals surface area (Å²) in [7, 11) is 0. The van der Waals surface area contributed by atoms with E-state index in [2.05, 4.69) is 165 Å². The van der Waals surface area contributed by atoms with E-state index in [1.807, 2.05) is 6.08 Å². The first-order valence-corrected chi connectivity index (χ1v) is 18.0. The zero-order valence-corrected chi connectivity index (χ0v) is 30.6. The Morgan fingerprint density at radius 1 is 0.812 bits per heavy atom. The molecule has 48 heavy (non-hydrogen) atoms. The summed E-state index contributed by atoms with van der Waals surface area (Å²) in [5.41, 5.74) is 20.2. The molecule has 0 heterocycles. The number of nitrogens with zero attached hydrogens (tertiary/aromatic N) is 1. The van der Waals surface area contributed by atoms with Gasteiger partial charge in [0.15, 0.2) is 0 Å². The summed E-state index contributed by atoms with van der Waals surface area (Å²) in [5.74, 6) is 1.67. The topological polar surface area (TPSA) is 3.24 Å². The van der Waals surface area contributed by atoms with Crippen molar-refractivity contribution in [2.75, 3.05) is 4.90 Å². The Labute approximate surface area is 290 Å². The van der Waals surface area contributed by atoms with Crippen LogP contribution in [0.5, 0.6) is 0 Å². The van der Waals surface area contributed by atoms with Gasteiger partial charge in [0.05, 0.1) is 11.4 Å². The van der Waals surface area contributed by atoms with Gasteiger partial charge >= 0.3 is 0 Å². The summed E-state index contributed by atoms with van der Waals surface area (Å²) in [6.07, 6.45) is 20.4. The minimum atomic E-state index is 0.369. The van der Waals surface area contributed by atoms with Gasteiger partial charge in [0.1, 0.15) is 0 Å². The van der Waals surface area contributed by atoms with E-state index in [1.165, 1.54) is 83.9 Å². The number of fused-ring (bicyclic) bond motifs is 2. The van der Waals surface area contributed by atoms with Crippen LogP contribution in [-0.2, 0) is 12.8 Å². The lowest BCUT2D eigenvalue weighted by molar-refractivity contribution is 0.766. The number of anilines is 3. The van der Waals surface area contributed by atoms with Gasteiger partial charge in [-0.05, 0) is 124 Å². The molecule has 0 N–H and O–H groups in total.